The number of rotatable bonds is 4. The third kappa shape index (κ3) is 3.04. The molecular weight excluding hydrogens is 300 g/mol. The van der Waals surface area contributed by atoms with Crippen molar-refractivity contribution < 1.29 is 0 Å². The Labute approximate surface area is 124 Å². The van der Waals surface area contributed by atoms with Gasteiger partial charge in [0.25, 0.3) is 0 Å². The zero-order valence-corrected chi connectivity index (χ0v) is 13.2. The van der Waals surface area contributed by atoms with Crippen molar-refractivity contribution in [2.24, 2.45) is 5.92 Å². The second kappa shape index (κ2) is 5.94. The molecule has 19 heavy (non-hydrogen) atoms. The van der Waals surface area contributed by atoms with Gasteiger partial charge in [0.05, 0.1) is 0 Å². The first-order chi connectivity index (χ1) is 9.26. The van der Waals surface area contributed by atoms with Crippen molar-refractivity contribution in [2.75, 3.05) is 19.6 Å². The van der Waals surface area contributed by atoms with Crippen LogP contribution in [0.25, 0.3) is 0 Å². The molecule has 4 rings (SSSR count). The Morgan fingerprint density at radius 1 is 1.26 bits per heavy atom. The molecule has 2 unspecified atom stereocenters. The zero-order valence-electron chi connectivity index (χ0n) is 11.6. The molecule has 0 aliphatic carbocycles. The van der Waals surface area contributed by atoms with Gasteiger partial charge >= 0.3 is 0 Å². The summed E-state index contributed by atoms with van der Waals surface area (Å²) >= 11 is 3.51. The fourth-order valence-corrected chi connectivity index (χ4v) is 3.82. The van der Waals surface area contributed by atoms with Gasteiger partial charge in [-0.05, 0) is 56.0 Å². The van der Waals surface area contributed by atoms with E-state index in [0.29, 0.717) is 12.1 Å². The van der Waals surface area contributed by atoms with Crippen LogP contribution in [0.2, 0.25) is 0 Å². The van der Waals surface area contributed by atoms with E-state index in [1.807, 2.05) is 0 Å². The predicted octanol–water partition coefficient (Wildman–Crippen LogP) is 3.58. The Morgan fingerprint density at radius 2 is 1.95 bits per heavy atom. The molecule has 2 atom stereocenters. The molecule has 0 radical (unpaired) electrons. The average Bonchev–Trinajstić information content (AvgIpc) is 2.47. The normalized spacial score (nSPS) is 31.4. The zero-order chi connectivity index (χ0) is 13.2. The number of fused-ring (bicyclic) bond motifs is 3. The van der Waals surface area contributed by atoms with Crippen molar-refractivity contribution in [3.8, 4) is 0 Å². The third-order valence-electron chi connectivity index (χ3n) is 4.75. The Kier molecular flexibility index (Phi) is 4.25. The van der Waals surface area contributed by atoms with Crippen molar-refractivity contribution in [1.29, 1.82) is 0 Å². The van der Waals surface area contributed by atoms with E-state index >= 15 is 0 Å². The Bertz CT molecular complexity index is 409. The van der Waals surface area contributed by atoms with Crippen molar-refractivity contribution in [3.63, 3.8) is 0 Å². The number of nitrogens with one attached hydrogen (secondary N) is 1. The van der Waals surface area contributed by atoms with Crippen molar-refractivity contribution in [1.82, 2.24) is 10.2 Å². The van der Waals surface area contributed by atoms with E-state index in [1.165, 1.54) is 38.0 Å². The third-order valence-corrected chi connectivity index (χ3v) is 5.28. The average molecular weight is 323 g/mol. The smallest absolute Gasteiger partial charge is 0.0320 e. The standard InChI is InChI=1S/C16H23BrN2/c1-2-15(12-3-5-14(17)6-4-12)18-16-11-19-9-7-13(16)8-10-19/h3-6,13,15-16,18H,2,7-11H2,1H3. The van der Waals surface area contributed by atoms with Crippen molar-refractivity contribution in [2.45, 2.75) is 38.3 Å². The molecule has 3 aliphatic heterocycles. The molecule has 0 saturated carbocycles. The molecule has 1 aromatic rings. The molecule has 3 heterocycles. The molecule has 3 heteroatoms. The molecule has 3 saturated heterocycles. The van der Waals surface area contributed by atoms with Crippen LogP contribution < -0.4 is 5.32 Å². The summed E-state index contributed by atoms with van der Waals surface area (Å²) in [5.74, 6) is 0.898. The lowest BCUT2D eigenvalue weighted by Crippen LogP contribution is -2.56. The summed E-state index contributed by atoms with van der Waals surface area (Å²) in [6.07, 6.45) is 3.92. The molecular formula is C16H23BrN2. The molecule has 1 N–H and O–H groups in total. The van der Waals surface area contributed by atoms with Crippen LogP contribution in [0.3, 0.4) is 0 Å². The maximum Gasteiger partial charge on any atom is 0.0320 e. The van der Waals surface area contributed by atoms with Gasteiger partial charge in [-0.3, -0.25) is 0 Å². The first-order valence-corrected chi connectivity index (χ1v) is 8.29. The minimum absolute atomic E-state index is 0.499. The van der Waals surface area contributed by atoms with Gasteiger partial charge in [-0.1, -0.05) is 35.0 Å². The van der Waals surface area contributed by atoms with E-state index in [9.17, 15) is 0 Å². The second-order valence-corrected chi connectivity index (χ2v) is 6.84. The van der Waals surface area contributed by atoms with E-state index in [0.717, 1.165) is 16.8 Å². The van der Waals surface area contributed by atoms with Crippen LogP contribution in [0, 0.1) is 5.92 Å². The summed E-state index contributed by atoms with van der Waals surface area (Å²) in [6, 6.07) is 9.97. The first-order valence-electron chi connectivity index (χ1n) is 7.50. The minimum atomic E-state index is 0.499. The lowest BCUT2D eigenvalue weighted by atomic mass is 9.83. The molecule has 3 fully saturated rings. The molecule has 0 spiro atoms. The largest absolute Gasteiger partial charge is 0.306 e. The van der Waals surface area contributed by atoms with Gasteiger partial charge in [-0.25, -0.2) is 0 Å². The van der Waals surface area contributed by atoms with Gasteiger partial charge in [0.2, 0.25) is 0 Å². The van der Waals surface area contributed by atoms with E-state index in [4.69, 9.17) is 0 Å². The SMILES string of the molecule is CCC(NC1CN2CCC1CC2)c1ccc(Br)cc1. The highest BCUT2D eigenvalue weighted by atomic mass is 79.9. The molecule has 104 valence electrons. The molecule has 1 aromatic carbocycles. The molecule has 0 aromatic heterocycles. The van der Waals surface area contributed by atoms with E-state index in [1.54, 1.807) is 0 Å². The summed E-state index contributed by atoms with van der Waals surface area (Å²) in [5, 5.41) is 3.92. The molecule has 3 aliphatic rings. The van der Waals surface area contributed by atoms with Gasteiger partial charge in [0, 0.05) is 23.1 Å². The second-order valence-electron chi connectivity index (χ2n) is 5.92. The summed E-state index contributed by atoms with van der Waals surface area (Å²) in [5.41, 5.74) is 1.42. The van der Waals surface area contributed by atoms with Crippen molar-refractivity contribution >= 4 is 15.9 Å². The minimum Gasteiger partial charge on any atom is -0.306 e. The summed E-state index contributed by atoms with van der Waals surface area (Å²) in [6.45, 7) is 6.16. The fraction of sp³-hybridized carbons (Fsp3) is 0.625. The highest BCUT2D eigenvalue weighted by molar-refractivity contribution is 9.10. The quantitative estimate of drug-likeness (QED) is 0.911. The summed E-state index contributed by atoms with van der Waals surface area (Å²) in [7, 11) is 0. The first kappa shape index (κ1) is 13.6. The van der Waals surface area contributed by atoms with Crippen LogP contribution in [-0.4, -0.2) is 30.6 Å². The van der Waals surface area contributed by atoms with Gasteiger partial charge in [0.1, 0.15) is 0 Å². The summed E-state index contributed by atoms with van der Waals surface area (Å²) < 4.78 is 1.16. The highest BCUT2D eigenvalue weighted by Crippen LogP contribution is 2.30. The Morgan fingerprint density at radius 3 is 2.47 bits per heavy atom. The number of piperidine rings is 3. The van der Waals surface area contributed by atoms with E-state index in [-0.39, 0.29) is 0 Å². The van der Waals surface area contributed by atoms with Crippen molar-refractivity contribution in [3.05, 3.63) is 34.3 Å². The number of nitrogens with zero attached hydrogens (tertiary/aromatic N) is 1. The maximum atomic E-state index is 3.92. The Balaban J connectivity index is 1.68. The van der Waals surface area contributed by atoms with Crippen LogP contribution >= 0.6 is 15.9 Å². The van der Waals surface area contributed by atoms with Crippen LogP contribution in [0.15, 0.2) is 28.7 Å². The van der Waals surface area contributed by atoms with Gasteiger partial charge < -0.3 is 10.2 Å². The van der Waals surface area contributed by atoms with E-state index in [2.05, 4.69) is 57.3 Å². The predicted molar refractivity (Wildman–Crippen MR) is 83.3 cm³/mol. The van der Waals surface area contributed by atoms with Crippen LogP contribution in [0.1, 0.15) is 37.8 Å². The van der Waals surface area contributed by atoms with Gasteiger partial charge in [-0.15, -0.1) is 0 Å². The highest BCUT2D eigenvalue weighted by Gasteiger charge is 2.34. The van der Waals surface area contributed by atoms with E-state index < -0.39 is 0 Å². The van der Waals surface area contributed by atoms with Crippen LogP contribution in [0.5, 0.6) is 0 Å². The molecule has 2 bridgehead atoms. The Hall–Kier alpha value is -0.380. The van der Waals surface area contributed by atoms with Crippen LogP contribution in [0.4, 0.5) is 0 Å². The fourth-order valence-electron chi connectivity index (χ4n) is 3.56. The number of benzene rings is 1. The topological polar surface area (TPSA) is 15.3 Å². The maximum absolute atomic E-state index is 3.92. The summed E-state index contributed by atoms with van der Waals surface area (Å²) in [4.78, 5) is 2.62. The lowest BCUT2D eigenvalue weighted by molar-refractivity contribution is 0.0666. The monoisotopic (exact) mass is 322 g/mol. The number of halogens is 1. The number of hydrogen-bond donors (Lipinski definition) is 1. The molecule has 0 amide bonds. The lowest BCUT2D eigenvalue weighted by Gasteiger charge is -2.46. The van der Waals surface area contributed by atoms with Gasteiger partial charge in [0.15, 0.2) is 0 Å². The number of hydrogen-bond acceptors (Lipinski definition) is 2. The van der Waals surface area contributed by atoms with Gasteiger partial charge in [-0.2, -0.15) is 0 Å². The molecule has 2 nitrogen and oxygen atoms in total. The van der Waals surface area contributed by atoms with Crippen LogP contribution in [-0.2, 0) is 0 Å².